The van der Waals surface area contributed by atoms with Crippen LogP contribution in [-0.4, -0.2) is 53.4 Å². The summed E-state index contributed by atoms with van der Waals surface area (Å²) >= 11 is 0. The first kappa shape index (κ1) is 20.6. The van der Waals surface area contributed by atoms with E-state index in [1.165, 1.54) is 5.56 Å². The van der Waals surface area contributed by atoms with Gasteiger partial charge >= 0.3 is 0 Å². The molecule has 1 N–H and O–H groups in total. The standard InChI is InChI=1S/C21H28N2O4S/c1-23(2)20(17-6-9-21-18(14-17)10-12-27-21)15-22-28(24,25)13-11-16-4-7-19(26-3)8-5-16/h4-9,14,20,22H,10-13,15H2,1-3H3/t20-/m0/s1. The highest BCUT2D eigenvalue weighted by molar-refractivity contribution is 7.89. The van der Waals surface area contributed by atoms with Crippen LogP contribution in [0.2, 0.25) is 0 Å². The predicted octanol–water partition coefficient (Wildman–Crippen LogP) is 2.39. The van der Waals surface area contributed by atoms with Gasteiger partial charge in [0.2, 0.25) is 10.0 Å². The van der Waals surface area contributed by atoms with Crippen molar-refractivity contribution in [2.24, 2.45) is 0 Å². The molecule has 6 nitrogen and oxygen atoms in total. The molecule has 1 atom stereocenters. The molecule has 0 unspecified atom stereocenters. The van der Waals surface area contributed by atoms with Crippen molar-refractivity contribution in [2.75, 3.05) is 40.1 Å². The Morgan fingerprint density at radius 3 is 2.61 bits per heavy atom. The van der Waals surface area contributed by atoms with Crippen molar-refractivity contribution in [1.82, 2.24) is 9.62 Å². The molecule has 0 fully saturated rings. The fraction of sp³-hybridized carbons (Fsp3) is 0.429. The van der Waals surface area contributed by atoms with Gasteiger partial charge in [0.05, 0.1) is 19.5 Å². The molecule has 0 saturated heterocycles. The van der Waals surface area contributed by atoms with Crippen LogP contribution in [0.4, 0.5) is 0 Å². The lowest BCUT2D eigenvalue weighted by atomic mass is 10.0. The first-order valence-electron chi connectivity index (χ1n) is 9.40. The number of nitrogens with zero attached hydrogens (tertiary/aromatic N) is 1. The molecule has 7 heteroatoms. The Balaban J connectivity index is 1.60. The minimum Gasteiger partial charge on any atom is -0.497 e. The third-order valence-corrected chi connectivity index (χ3v) is 6.38. The van der Waals surface area contributed by atoms with Gasteiger partial charge in [-0.15, -0.1) is 0 Å². The normalized spacial score (nSPS) is 14.6. The number of ether oxygens (including phenoxy) is 2. The second-order valence-electron chi connectivity index (χ2n) is 7.21. The minimum atomic E-state index is -3.38. The largest absolute Gasteiger partial charge is 0.497 e. The zero-order valence-corrected chi connectivity index (χ0v) is 17.5. The molecule has 1 aliphatic rings. The molecule has 1 heterocycles. The van der Waals surface area contributed by atoms with Gasteiger partial charge in [-0.3, -0.25) is 0 Å². The third kappa shape index (κ3) is 5.25. The number of aryl methyl sites for hydroxylation is 1. The Bertz CT molecular complexity index is 895. The molecular formula is C21H28N2O4S. The highest BCUT2D eigenvalue weighted by Gasteiger charge is 2.21. The van der Waals surface area contributed by atoms with Gasteiger partial charge in [-0.1, -0.05) is 24.3 Å². The zero-order chi connectivity index (χ0) is 20.1. The molecule has 2 aromatic rings. The van der Waals surface area contributed by atoms with Gasteiger partial charge in [0.15, 0.2) is 0 Å². The molecular weight excluding hydrogens is 376 g/mol. The summed E-state index contributed by atoms with van der Waals surface area (Å²) in [5, 5.41) is 0. The summed E-state index contributed by atoms with van der Waals surface area (Å²) in [7, 11) is 2.15. The third-order valence-electron chi connectivity index (χ3n) is 5.04. The van der Waals surface area contributed by atoms with Crippen LogP contribution < -0.4 is 14.2 Å². The Morgan fingerprint density at radius 2 is 1.93 bits per heavy atom. The molecule has 152 valence electrons. The summed E-state index contributed by atoms with van der Waals surface area (Å²) in [5.74, 6) is 1.75. The quantitative estimate of drug-likeness (QED) is 0.695. The number of likely N-dealkylation sites (N-methyl/N-ethyl adjacent to an activating group) is 1. The van der Waals surface area contributed by atoms with Crippen LogP contribution in [0.3, 0.4) is 0 Å². The zero-order valence-electron chi connectivity index (χ0n) is 16.6. The molecule has 0 aromatic heterocycles. The van der Waals surface area contributed by atoms with Gasteiger partial charge < -0.3 is 14.4 Å². The maximum absolute atomic E-state index is 12.5. The lowest BCUT2D eigenvalue weighted by Gasteiger charge is -2.25. The molecule has 1 aliphatic heterocycles. The summed E-state index contributed by atoms with van der Waals surface area (Å²) in [6, 6.07) is 13.5. The monoisotopic (exact) mass is 404 g/mol. The molecule has 0 amide bonds. The molecule has 0 saturated carbocycles. The smallest absolute Gasteiger partial charge is 0.211 e. The molecule has 28 heavy (non-hydrogen) atoms. The van der Waals surface area contributed by atoms with E-state index in [0.717, 1.165) is 29.0 Å². The van der Waals surface area contributed by atoms with Crippen LogP contribution in [0.15, 0.2) is 42.5 Å². The van der Waals surface area contributed by atoms with Crippen LogP contribution in [0.5, 0.6) is 11.5 Å². The maximum atomic E-state index is 12.5. The minimum absolute atomic E-state index is 0.0401. The number of nitrogens with one attached hydrogen (secondary N) is 1. The Morgan fingerprint density at radius 1 is 1.18 bits per heavy atom. The number of fused-ring (bicyclic) bond motifs is 1. The van der Waals surface area contributed by atoms with Crippen LogP contribution in [0.1, 0.15) is 22.7 Å². The van der Waals surface area contributed by atoms with Crippen molar-refractivity contribution < 1.29 is 17.9 Å². The average Bonchev–Trinajstić information content (AvgIpc) is 3.14. The highest BCUT2D eigenvalue weighted by Crippen LogP contribution is 2.29. The van der Waals surface area contributed by atoms with E-state index in [1.807, 2.05) is 55.4 Å². The number of sulfonamides is 1. The van der Waals surface area contributed by atoms with Crippen LogP contribution in [0, 0.1) is 0 Å². The van der Waals surface area contributed by atoms with E-state index in [2.05, 4.69) is 10.8 Å². The molecule has 0 radical (unpaired) electrons. The van der Waals surface area contributed by atoms with Crippen LogP contribution >= 0.6 is 0 Å². The van der Waals surface area contributed by atoms with E-state index in [1.54, 1.807) is 7.11 Å². The SMILES string of the molecule is COc1ccc(CCS(=O)(=O)NC[C@@H](c2ccc3c(c2)CCO3)N(C)C)cc1. The van der Waals surface area contributed by atoms with Gasteiger partial charge in [0.1, 0.15) is 11.5 Å². The Hall–Kier alpha value is -2.09. The first-order valence-corrected chi connectivity index (χ1v) is 11.1. The van der Waals surface area contributed by atoms with Crippen molar-refractivity contribution in [3.8, 4) is 11.5 Å². The van der Waals surface area contributed by atoms with E-state index in [9.17, 15) is 8.42 Å². The van der Waals surface area contributed by atoms with E-state index in [0.29, 0.717) is 19.6 Å². The molecule has 0 aliphatic carbocycles. The lowest BCUT2D eigenvalue weighted by molar-refractivity contribution is 0.299. The van der Waals surface area contributed by atoms with Gasteiger partial charge in [-0.05, 0) is 55.4 Å². The van der Waals surface area contributed by atoms with Gasteiger partial charge in [-0.2, -0.15) is 0 Å². The van der Waals surface area contributed by atoms with E-state index >= 15 is 0 Å². The maximum Gasteiger partial charge on any atom is 0.211 e. The topological polar surface area (TPSA) is 67.9 Å². The van der Waals surface area contributed by atoms with Crippen molar-refractivity contribution in [1.29, 1.82) is 0 Å². The van der Waals surface area contributed by atoms with E-state index in [4.69, 9.17) is 9.47 Å². The summed E-state index contributed by atoms with van der Waals surface area (Å²) in [4.78, 5) is 2.03. The second-order valence-corrected chi connectivity index (χ2v) is 9.14. The summed E-state index contributed by atoms with van der Waals surface area (Å²) < 4.78 is 38.5. The Kier molecular flexibility index (Phi) is 6.59. The molecule has 2 aromatic carbocycles. The van der Waals surface area contributed by atoms with E-state index in [-0.39, 0.29) is 11.8 Å². The van der Waals surface area contributed by atoms with Crippen molar-refractivity contribution in [3.05, 3.63) is 59.2 Å². The van der Waals surface area contributed by atoms with Crippen molar-refractivity contribution >= 4 is 10.0 Å². The van der Waals surface area contributed by atoms with Gasteiger partial charge in [-0.25, -0.2) is 13.1 Å². The summed E-state index contributed by atoms with van der Waals surface area (Å²) in [6.45, 7) is 1.04. The fourth-order valence-corrected chi connectivity index (χ4v) is 4.40. The predicted molar refractivity (Wildman–Crippen MR) is 111 cm³/mol. The van der Waals surface area contributed by atoms with Crippen molar-refractivity contribution in [3.63, 3.8) is 0 Å². The second kappa shape index (κ2) is 8.94. The average molecular weight is 405 g/mol. The first-order chi connectivity index (χ1) is 13.4. The number of methoxy groups -OCH3 is 1. The number of hydrogen-bond donors (Lipinski definition) is 1. The van der Waals surface area contributed by atoms with E-state index < -0.39 is 10.0 Å². The summed E-state index contributed by atoms with van der Waals surface area (Å²) in [6.07, 6.45) is 1.36. The number of benzene rings is 2. The molecule has 0 spiro atoms. The summed E-state index contributed by atoms with van der Waals surface area (Å²) in [5.41, 5.74) is 3.24. The fourth-order valence-electron chi connectivity index (χ4n) is 3.33. The van der Waals surface area contributed by atoms with Gasteiger partial charge in [0.25, 0.3) is 0 Å². The van der Waals surface area contributed by atoms with Gasteiger partial charge in [0, 0.05) is 19.0 Å². The molecule has 3 rings (SSSR count). The Labute approximate surface area is 167 Å². The number of hydrogen-bond acceptors (Lipinski definition) is 5. The van der Waals surface area contributed by atoms with Crippen molar-refractivity contribution in [2.45, 2.75) is 18.9 Å². The highest BCUT2D eigenvalue weighted by atomic mass is 32.2. The molecule has 0 bridgehead atoms. The lowest BCUT2D eigenvalue weighted by Crippen LogP contribution is -2.36. The van der Waals surface area contributed by atoms with Crippen LogP contribution in [0.25, 0.3) is 0 Å². The van der Waals surface area contributed by atoms with Crippen LogP contribution in [-0.2, 0) is 22.9 Å². The number of rotatable bonds is 9.